The Morgan fingerprint density at radius 1 is 1.40 bits per heavy atom. The van der Waals surface area contributed by atoms with E-state index in [4.69, 9.17) is 0 Å². The van der Waals surface area contributed by atoms with Crippen LogP contribution in [-0.4, -0.2) is 24.1 Å². The minimum atomic E-state index is 0.661. The lowest BCUT2D eigenvalue weighted by Gasteiger charge is -2.23. The fraction of sp³-hybridized carbons (Fsp3) is 0.583. The Kier molecular flexibility index (Phi) is 3.69. The zero-order chi connectivity index (χ0) is 10.5. The van der Waals surface area contributed by atoms with Gasteiger partial charge in [-0.05, 0) is 45.0 Å². The normalized spacial score (nSPS) is 17.9. The van der Waals surface area contributed by atoms with E-state index < -0.39 is 0 Å². The van der Waals surface area contributed by atoms with Gasteiger partial charge in [-0.3, -0.25) is 4.98 Å². The molecule has 1 aliphatic rings. The number of nitrogens with one attached hydrogen (secondary N) is 2. The van der Waals surface area contributed by atoms with Crippen molar-refractivity contribution < 1.29 is 0 Å². The zero-order valence-corrected chi connectivity index (χ0v) is 9.29. The summed E-state index contributed by atoms with van der Waals surface area (Å²) in [5, 5.41) is 6.93. The number of hydrogen-bond acceptors (Lipinski definition) is 3. The van der Waals surface area contributed by atoms with E-state index in [1.165, 1.54) is 12.8 Å². The number of aromatic nitrogens is 1. The van der Waals surface area contributed by atoms with Gasteiger partial charge in [0.25, 0.3) is 0 Å². The summed E-state index contributed by atoms with van der Waals surface area (Å²) in [4.78, 5) is 4.48. The third kappa shape index (κ3) is 3.29. The van der Waals surface area contributed by atoms with Crippen molar-refractivity contribution in [2.45, 2.75) is 32.4 Å². The fourth-order valence-corrected chi connectivity index (χ4v) is 1.97. The van der Waals surface area contributed by atoms with E-state index in [0.29, 0.717) is 6.04 Å². The van der Waals surface area contributed by atoms with Crippen molar-refractivity contribution in [3.63, 3.8) is 0 Å². The van der Waals surface area contributed by atoms with E-state index in [-0.39, 0.29) is 0 Å². The molecule has 0 radical (unpaired) electrons. The van der Waals surface area contributed by atoms with E-state index in [1.54, 1.807) is 0 Å². The molecule has 0 spiro atoms. The van der Waals surface area contributed by atoms with Gasteiger partial charge in [0.15, 0.2) is 0 Å². The van der Waals surface area contributed by atoms with Gasteiger partial charge in [0, 0.05) is 18.3 Å². The maximum absolute atomic E-state index is 4.48. The summed E-state index contributed by atoms with van der Waals surface area (Å²) in [6.45, 7) is 5.21. The second kappa shape index (κ2) is 5.24. The quantitative estimate of drug-likeness (QED) is 0.779. The van der Waals surface area contributed by atoms with Crippen LogP contribution in [0, 0.1) is 6.92 Å². The van der Waals surface area contributed by atoms with E-state index in [1.807, 2.05) is 13.0 Å². The van der Waals surface area contributed by atoms with E-state index in [2.05, 4.69) is 27.8 Å². The topological polar surface area (TPSA) is 37.0 Å². The number of nitrogens with zero attached hydrogens (tertiary/aromatic N) is 1. The maximum atomic E-state index is 4.48. The van der Waals surface area contributed by atoms with Crippen LogP contribution in [0.15, 0.2) is 18.2 Å². The molecule has 82 valence electrons. The van der Waals surface area contributed by atoms with Crippen LogP contribution in [0.4, 0.5) is 0 Å². The Labute approximate surface area is 91.3 Å². The lowest BCUT2D eigenvalue weighted by Crippen LogP contribution is -2.39. The van der Waals surface area contributed by atoms with Gasteiger partial charge in [-0.1, -0.05) is 6.07 Å². The van der Waals surface area contributed by atoms with E-state index in [0.717, 1.165) is 31.0 Å². The van der Waals surface area contributed by atoms with E-state index >= 15 is 0 Å². The van der Waals surface area contributed by atoms with Crippen LogP contribution >= 0.6 is 0 Å². The Morgan fingerprint density at radius 2 is 2.20 bits per heavy atom. The summed E-state index contributed by atoms with van der Waals surface area (Å²) in [5.74, 6) is 0. The van der Waals surface area contributed by atoms with Crippen LogP contribution in [-0.2, 0) is 6.54 Å². The molecule has 3 heteroatoms. The zero-order valence-electron chi connectivity index (χ0n) is 9.29. The molecule has 1 fully saturated rings. The van der Waals surface area contributed by atoms with Crippen molar-refractivity contribution >= 4 is 0 Å². The van der Waals surface area contributed by atoms with Crippen molar-refractivity contribution in [1.82, 2.24) is 15.6 Å². The molecule has 0 bridgehead atoms. The molecule has 1 aromatic heterocycles. The van der Waals surface area contributed by atoms with Crippen LogP contribution in [0.25, 0.3) is 0 Å². The molecule has 1 aromatic rings. The molecule has 3 nitrogen and oxygen atoms in total. The minimum Gasteiger partial charge on any atom is -0.317 e. The summed E-state index contributed by atoms with van der Waals surface area (Å²) in [7, 11) is 0. The summed E-state index contributed by atoms with van der Waals surface area (Å²) in [5.41, 5.74) is 2.24. The predicted octanol–water partition coefficient (Wildman–Crippen LogP) is 1.23. The minimum absolute atomic E-state index is 0.661. The largest absolute Gasteiger partial charge is 0.317 e. The third-order valence-electron chi connectivity index (χ3n) is 2.86. The second-order valence-electron chi connectivity index (χ2n) is 4.18. The highest BCUT2D eigenvalue weighted by atomic mass is 15.0. The SMILES string of the molecule is Cc1cccc(CNC2CCNCC2)n1. The lowest BCUT2D eigenvalue weighted by atomic mass is 10.1. The lowest BCUT2D eigenvalue weighted by molar-refractivity contribution is 0.385. The van der Waals surface area contributed by atoms with Gasteiger partial charge < -0.3 is 10.6 Å². The average Bonchev–Trinajstić information content (AvgIpc) is 2.28. The van der Waals surface area contributed by atoms with Gasteiger partial charge >= 0.3 is 0 Å². The van der Waals surface area contributed by atoms with Crippen LogP contribution < -0.4 is 10.6 Å². The molecule has 2 N–H and O–H groups in total. The van der Waals surface area contributed by atoms with E-state index in [9.17, 15) is 0 Å². The highest BCUT2D eigenvalue weighted by Gasteiger charge is 2.11. The monoisotopic (exact) mass is 205 g/mol. The number of piperidine rings is 1. The number of rotatable bonds is 3. The first kappa shape index (κ1) is 10.6. The molecule has 0 aromatic carbocycles. The van der Waals surface area contributed by atoms with Gasteiger partial charge in [0.1, 0.15) is 0 Å². The molecule has 0 saturated carbocycles. The van der Waals surface area contributed by atoms with Gasteiger partial charge in [-0.15, -0.1) is 0 Å². The molecule has 0 atom stereocenters. The van der Waals surface area contributed by atoms with Gasteiger partial charge in [-0.2, -0.15) is 0 Å². The molecule has 2 rings (SSSR count). The number of aryl methyl sites for hydroxylation is 1. The van der Waals surface area contributed by atoms with Gasteiger partial charge in [0.2, 0.25) is 0 Å². The first-order valence-electron chi connectivity index (χ1n) is 5.71. The Morgan fingerprint density at radius 3 is 2.93 bits per heavy atom. The molecule has 0 aliphatic carbocycles. The number of hydrogen-bond donors (Lipinski definition) is 2. The standard InChI is InChI=1S/C12H19N3/c1-10-3-2-4-12(15-10)9-14-11-5-7-13-8-6-11/h2-4,11,13-14H,5-9H2,1H3. The molecule has 1 aliphatic heterocycles. The molecule has 0 unspecified atom stereocenters. The molecule has 2 heterocycles. The molecule has 0 amide bonds. The Balaban J connectivity index is 1.81. The third-order valence-corrected chi connectivity index (χ3v) is 2.86. The molecule has 1 saturated heterocycles. The summed E-state index contributed by atoms with van der Waals surface area (Å²) in [6.07, 6.45) is 2.46. The first-order chi connectivity index (χ1) is 7.34. The maximum Gasteiger partial charge on any atom is 0.0544 e. The van der Waals surface area contributed by atoms with Crippen LogP contribution in [0.2, 0.25) is 0 Å². The summed E-state index contributed by atoms with van der Waals surface area (Å²) >= 11 is 0. The van der Waals surface area contributed by atoms with Crippen molar-refractivity contribution in [3.8, 4) is 0 Å². The van der Waals surface area contributed by atoms with Crippen LogP contribution in [0.3, 0.4) is 0 Å². The van der Waals surface area contributed by atoms with Crippen molar-refractivity contribution in [3.05, 3.63) is 29.6 Å². The molecule has 15 heavy (non-hydrogen) atoms. The highest BCUT2D eigenvalue weighted by molar-refractivity contribution is 5.09. The van der Waals surface area contributed by atoms with Gasteiger partial charge in [-0.25, -0.2) is 0 Å². The number of pyridine rings is 1. The van der Waals surface area contributed by atoms with Crippen LogP contribution in [0.5, 0.6) is 0 Å². The van der Waals surface area contributed by atoms with Crippen molar-refractivity contribution in [2.24, 2.45) is 0 Å². The first-order valence-corrected chi connectivity index (χ1v) is 5.71. The summed E-state index contributed by atoms with van der Waals surface area (Å²) in [6, 6.07) is 6.85. The highest BCUT2D eigenvalue weighted by Crippen LogP contribution is 2.04. The van der Waals surface area contributed by atoms with Gasteiger partial charge in [0.05, 0.1) is 5.69 Å². The Hall–Kier alpha value is -0.930. The predicted molar refractivity (Wildman–Crippen MR) is 61.7 cm³/mol. The Bertz CT molecular complexity index is 305. The van der Waals surface area contributed by atoms with Crippen molar-refractivity contribution in [2.75, 3.05) is 13.1 Å². The smallest absolute Gasteiger partial charge is 0.0544 e. The fourth-order valence-electron chi connectivity index (χ4n) is 1.97. The second-order valence-corrected chi connectivity index (χ2v) is 4.18. The average molecular weight is 205 g/mol. The molecular formula is C12H19N3. The molecular weight excluding hydrogens is 186 g/mol. The van der Waals surface area contributed by atoms with Crippen LogP contribution in [0.1, 0.15) is 24.2 Å². The van der Waals surface area contributed by atoms with Crippen molar-refractivity contribution in [1.29, 1.82) is 0 Å². The summed E-state index contributed by atoms with van der Waals surface area (Å²) < 4.78 is 0.